The maximum atomic E-state index is 13.4. The highest BCUT2D eigenvalue weighted by Gasteiger charge is 2.18. The minimum atomic E-state index is 0.0582. The highest BCUT2D eigenvalue weighted by Crippen LogP contribution is 2.36. The number of hydrogen-bond acceptors (Lipinski definition) is 5. The molecule has 2 aromatic heterocycles. The first-order chi connectivity index (χ1) is 13.5. The normalized spacial score (nSPS) is 11.5. The smallest absolute Gasteiger partial charge is 0.262 e. The first-order valence-corrected chi connectivity index (χ1v) is 10.8. The van der Waals surface area contributed by atoms with E-state index in [0.717, 1.165) is 57.4 Å². The molecule has 0 amide bonds. The summed E-state index contributed by atoms with van der Waals surface area (Å²) in [5.74, 6) is 1.62. The summed E-state index contributed by atoms with van der Waals surface area (Å²) in [5.41, 5.74) is 2.09. The highest BCUT2D eigenvalue weighted by molar-refractivity contribution is 7.19. The largest absolute Gasteiger partial charge is 0.494 e. The minimum absolute atomic E-state index is 0.0582. The highest BCUT2D eigenvalue weighted by atomic mass is 32.1. The van der Waals surface area contributed by atoms with Gasteiger partial charge in [0.1, 0.15) is 16.4 Å². The lowest BCUT2D eigenvalue weighted by molar-refractivity contribution is 0.288. The quantitative estimate of drug-likeness (QED) is 0.560. The van der Waals surface area contributed by atoms with Gasteiger partial charge in [0.15, 0.2) is 0 Å². The van der Waals surface area contributed by atoms with Crippen molar-refractivity contribution in [1.29, 1.82) is 0 Å². The molecule has 0 unspecified atom stereocenters. The molecule has 0 aliphatic rings. The van der Waals surface area contributed by atoms with Crippen LogP contribution in [0.25, 0.3) is 21.3 Å². The Morgan fingerprint density at radius 3 is 2.39 bits per heavy atom. The molecule has 2 heterocycles. The third kappa shape index (κ3) is 3.98. The number of benzene rings is 1. The average Bonchev–Trinajstić information content (AvgIpc) is 3.01. The zero-order valence-electron chi connectivity index (χ0n) is 17.4. The second kappa shape index (κ2) is 8.88. The van der Waals surface area contributed by atoms with Crippen LogP contribution in [0, 0.1) is 13.8 Å². The number of nitrogens with zero attached hydrogens (tertiary/aromatic N) is 3. The molecular formula is C22H29N3O2S. The minimum Gasteiger partial charge on any atom is -0.494 e. The Balaban J connectivity index is 2.07. The molecule has 0 spiro atoms. The lowest BCUT2D eigenvalue weighted by Gasteiger charge is -2.19. The van der Waals surface area contributed by atoms with Crippen molar-refractivity contribution in [3.63, 3.8) is 0 Å². The monoisotopic (exact) mass is 399 g/mol. The van der Waals surface area contributed by atoms with Gasteiger partial charge in [0.25, 0.3) is 5.56 Å². The fourth-order valence-electron chi connectivity index (χ4n) is 3.57. The lowest BCUT2D eigenvalue weighted by atomic mass is 10.0. The van der Waals surface area contributed by atoms with Gasteiger partial charge in [0, 0.05) is 23.5 Å². The van der Waals surface area contributed by atoms with Crippen LogP contribution in [0.5, 0.6) is 5.75 Å². The number of thiophene rings is 1. The van der Waals surface area contributed by atoms with E-state index in [9.17, 15) is 4.79 Å². The first kappa shape index (κ1) is 20.6. The predicted octanol–water partition coefficient (Wildman–Crippen LogP) is 4.48. The molecule has 0 aliphatic heterocycles. The molecule has 150 valence electrons. The SMILES string of the molecule is CCOc1ccc(-c2c(C)sc3nc(C)n(CCN(CC)CC)c(=O)c23)cc1. The van der Waals surface area contributed by atoms with Gasteiger partial charge in [0.05, 0.1) is 12.0 Å². The number of aryl methyl sites for hydroxylation is 2. The molecule has 0 bridgehead atoms. The van der Waals surface area contributed by atoms with Crippen molar-refractivity contribution in [2.75, 3.05) is 26.2 Å². The molecule has 3 rings (SSSR count). The van der Waals surface area contributed by atoms with Crippen molar-refractivity contribution >= 4 is 21.6 Å². The van der Waals surface area contributed by atoms with Gasteiger partial charge in [-0.25, -0.2) is 4.98 Å². The third-order valence-corrected chi connectivity index (χ3v) is 6.17. The van der Waals surface area contributed by atoms with E-state index in [0.29, 0.717) is 13.2 Å². The maximum absolute atomic E-state index is 13.4. The van der Waals surface area contributed by atoms with E-state index < -0.39 is 0 Å². The summed E-state index contributed by atoms with van der Waals surface area (Å²) in [6, 6.07) is 7.97. The molecule has 3 aromatic rings. The van der Waals surface area contributed by atoms with E-state index in [4.69, 9.17) is 9.72 Å². The third-order valence-electron chi connectivity index (χ3n) is 5.17. The lowest BCUT2D eigenvalue weighted by Crippen LogP contribution is -2.32. The zero-order chi connectivity index (χ0) is 20.3. The van der Waals surface area contributed by atoms with Crippen LogP contribution in [0.3, 0.4) is 0 Å². The molecule has 0 atom stereocenters. The van der Waals surface area contributed by atoms with Crippen molar-refractivity contribution in [2.24, 2.45) is 0 Å². The molecule has 0 N–H and O–H groups in total. The summed E-state index contributed by atoms with van der Waals surface area (Å²) in [7, 11) is 0. The Bertz CT molecular complexity index is 1000. The number of hydrogen-bond donors (Lipinski definition) is 0. The maximum Gasteiger partial charge on any atom is 0.262 e. The summed E-state index contributed by atoms with van der Waals surface area (Å²) < 4.78 is 7.37. The predicted molar refractivity (Wildman–Crippen MR) is 118 cm³/mol. The van der Waals surface area contributed by atoms with Gasteiger partial charge >= 0.3 is 0 Å². The molecule has 6 heteroatoms. The van der Waals surface area contributed by atoms with Crippen LogP contribution in [-0.2, 0) is 6.54 Å². The Hall–Kier alpha value is -2.18. The van der Waals surface area contributed by atoms with Crippen molar-refractivity contribution in [3.05, 3.63) is 45.3 Å². The molecule has 0 saturated heterocycles. The zero-order valence-corrected chi connectivity index (χ0v) is 18.2. The van der Waals surface area contributed by atoms with Crippen molar-refractivity contribution < 1.29 is 4.74 Å². The number of aromatic nitrogens is 2. The Morgan fingerprint density at radius 2 is 1.79 bits per heavy atom. The van der Waals surface area contributed by atoms with E-state index in [1.54, 1.807) is 11.3 Å². The van der Waals surface area contributed by atoms with Crippen LogP contribution in [0.2, 0.25) is 0 Å². The Kier molecular flexibility index (Phi) is 6.52. The molecule has 0 aliphatic carbocycles. The molecule has 1 aromatic carbocycles. The summed E-state index contributed by atoms with van der Waals surface area (Å²) in [5, 5.41) is 0.733. The van der Waals surface area contributed by atoms with Gasteiger partial charge in [-0.15, -0.1) is 11.3 Å². The van der Waals surface area contributed by atoms with Crippen molar-refractivity contribution in [3.8, 4) is 16.9 Å². The number of rotatable bonds is 8. The van der Waals surface area contributed by atoms with Crippen LogP contribution in [0.15, 0.2) is 29.1 Å². The van der Waals surface area contributed by atoms with Crippen molar-refractivity contribution in [2.45, 2.75) is 41.2 Å². The molecular weight excluding hydrogens is 370 g/mol. The van der Waals surface area contributed by atoms with Crippen LogP contribution in [0.1, 0.15) is 31.5 Å². The Labute approximate surface area is 170 Å². The van der Waals surface area contributed by atoms with E-state index in [1.807, 2.05) is 42.7 Å². The van der Waals surface area contributed by atoms with E-state index in [2.05, 4.69) is 25.7 Å². The second-order valence-corrected chi connectivity index (χ2v) is 8.02. The van der Waals surface area contributed by atoms with E-state index in [1.165, 1.54) is 0 Å². The molecule has 0 saturated carbocycles. The average molecular weight is 400 g/mol. The summed E-state index contributed by atoms with van der Waals surface area (Å²) in [4.78, 5) is 22.4. The summed E-state index contributed by atoms with van der Waals surface area (Å²) in [6.07, 6.45) is 0. The van der Waals surface area contributed by atoms with Crippen molar-refractivity contribution in [1.82, 2.24) is 14.5 Å². The summed E-state index contributed by atoms with van der Waals surface area (Å²) in [6.45, 7) is 14.4. The van der Waals surface area contributed by atoms with Gasteiger partial charge < -0.3 is 9.64 Å². The first-order valence-electron chi connectivity index (χ1n) is 9.96. The van der Waals surface area contributed by atoms with Crippen LogP contribution in [0.4, 0.5) is 0 Å². The van der Waals surface area contributed by atoms with Crippen LogP contribution < -0.4 is 10.3 Å². The van der Waals surface area contributed by atoms with Gasteiger partial charge in [-0.2, -0.15) is 0 Å². The standard InChI is InChI=1S/C22H29N3O2S/c1-6-24(7-2)13-14-25-16(5)23-21-20(22(25)26)19(15(4)28-21)17-9-11-18(12-10-17)27-8-3/h9-12H,6-8,13-14H2,1-5H3. The van der Waals surface area contributed by atoms with Gasteiger partial charge in [-0.05, 0) is 51.6 Å². The molecule has 0 fully saturated rings. The van der Waals surface area contributed by atoms with Gasteiger partial charge in [0.2, 0.25) is 0 Å². The number of likely N-dealkylation sites (N-methyl/N-ethyl adjacent to an activating group) is 1. The Morgan fingerprint density at radius 1 is 1.11 bits per heavy atom. The molecule has 0 radical (unpaired) electrons. The van der Waals surface area contributed by atoms with E-state index in [-0.39, 0.29) is 5.56 Å². The van der Waals surface area contributed by atoms with Gasteiger partial charge in [-0.1, -0.05) is 26.0 Å². The van der Waals surface area contributed by atoms with Crippen LogP contribution >= 0.6 is 11.3 Å². The fourth-order valence-corrected chi connectivity index (χ4v) is 4.65. The fraction of sp³-hybridized carbons (Fsp3) is 0.455. The topological polar surface area (TPSA) is 47.4 Å². The van der Waals surface area contributed by atoms with Crippen LogP contribution in [-0.4, -0.2) is 40.7 Å². The molecule has 28 heavy (non-hydrogen) atoms. The second-order valence-electron chi connectivity index (χ2n) is 6.81. The number of ether oxygens (including phenoxy) is 1. The number of fused-ring (bicyclic) bond motifs is 1. The molecule has 5 nitrogen and oxygen atoms in total. The summed E-state index contributed by atoms with van der Waals surface area (Å²) >= 11 is 1.59. The van der Waals surface area contributed by atoms with Gasteiger partial charge in [-0.3, -0.25) is 9.36 Å². The van der Waals surface area contributed by atoms with E-state index >= 15 is 0 Å².